The third-order valence-corrected chi connectivity index (χ3v) is 3.42. The summed E-state index contributed by atoms with van der Waals surface area (Å²) in [6, 6.07) is 7.74. The number of carbonyl (C=O) groups excluding carboxylic acids is 3. The normalized spacial score (nSPS) is 10.2. The summed E-state index contributed by atoms with van der Waals surface area (Å²) < 4.78 is 5.64. The lowest BCUT2D eigenvalue weighted by molar-refractivity contribution is -0.139. The molecule has 2 aromatic rings. The SMILES string of the molecule is COC(=O)CNC(=O)c1ccc(CNC(=O)c2cc(=O)n(C)[nH]2)cc1. The number of nitrogens with zero attached hydrogens (tertiary/aromatic N) is 1. The van der Waals surface area contributed by atoms with Crippen molar-refractivity contribution in [3.05, 3.63) is 57.5 Å². The minimum Gasteiger partial charge on any atom is -0.468 e. The highest BCUT2D eigenvalue weighted by Gasteiger charge is 2.10. The van der Waals surface area contributed by atoms with Crippen LogP contribution < -0.4 is 16.2 Å². The molecule has 0 aliphatic rings. The molecule has 0 spiro atoms. The van der Waals surface area contributed by atoms with E-state index in [0.717, 1.165) is 5.56 Å². The Morgan fingerprint density at radius 1 is 1.12 bits per heavy atom. The Morgan fingerprint density at radius 2 is 1.80 bits per heavy atom. The quantitative estimate of drug-likeness (QED) is 0.611. The molecule has 25 heavy (non-hydrogen) atoms. The second-order valence-electron chi connectivity index (χ2n) is 5.21. The Morgan fingerprint density at radius 3 is 2.36 bits per heavy atom. The molecule has 0 atom stereocenters. The van der Waals surface area contributed by atoms with Crippen LogP contribution in [0, 0.1) is 0 Å². The minimum absolute atomic E-state index is 0.173. The van der Waals surface area contributed by atoms with Gasteiger partial charge in [-0.15, -0.1) is 0 Å². The Kier molecular flexibility index (Phi) is 5.72. The van der Waals surface area contributed by atoms with Gasteiger partial charge in [-0.05, 0) is 17.7 Å². The zero-order valence-corrected chi connectivity index (χ0v) is 13.8. The van der Waals surface area contributed by atoms with Crippen molar-refractivity contribution in [2.45, 2.75) is 6.54 Å². The molecule has 3 N–H and O–H groups in total. The number of aromatic amines is 1. The Bertz CT molecular complexity index is 835. The highest BCUT2D eigenvalue weighted by atomic mass is 16.5. The third-order valence-electron chi connectivity index (χ3n) is 3.42. The highest BCUT2D eigenvalue weighted by Crippen LogP contribution is 2.05. The molecule has 9 heteroatoms. The van der Waals surface area contributed by atoms with E-state index in [0.29, 0.717) is 5.56 Å². The van der Waals surface area contributed by atoms with Crippen molar-refractivity contribution in [2.24, 2.45) is 7.05 Å². The van der Waals surface area contributed by atoms with Gasteiger partial charge in [-0.2, -0.15) is 0 Å². The van der Waals surface area contributed by atoms with Gasteiger partial charge in [0.05, 0.1) is 7.11 Å². The van der Waals surface area contributed by atoms with Crippen molar-refractivity contribution < 1.29 is 19.1 Å². The maximum Gasteiger partial charge on any atom is 0.325 e. The van der Waals surface area contributed by atoms with Crippen LogP contribution in [0.1, 0.15) is 26.4 Å². The average molecular weight is 346 g/mol. The van der Waals surface area contributed by atoms with Crippen LogP contribution in [0.3, 0.4) is 0 Å². The van der Waals surface area contributed by atoms with E-state index < -0.39 is 17.8 Å². The van der Waals surface area contributed by atoms with Crippen LogP contribution in [-0.2, 0) is 23.1 Å². The smallest absolute Gasteiger partial charge is 0.325 e. The fraction of sp³-hybridized carbons (Fsp3) is 0.250. The molecule has 1 aromatic heterocycles. The number of aromatic nitrogens is 2. The van der Waals surface area contributed by atoms with Gasteiger partial charge in [-0.25, -0.2) is 0 Å². The van der Waals surface area contributed by atoms with Gasteiger partial charge >= 0.3 is 5.97 Å². The Hall–Kier alpha value is -3.36. The number of H-pyrrole nitrogens is 1. The van der Waals surface area contributed by atoms with E-state index in [2.05, 4.69) is 20.5 Å². The van der Waals surface area contributed by atoms with Crippen molar-refractivity contribution >= 4 is 17.8 Å². The number of carbonyl (C=O) groups is 3. The molecule has 132 valence electrons. The number of rotatable bonds is 6. The molecular weight excluding hydrogens is 328 g/mol. The summed E-state index contributed by atoms with van der Waals surface area (Å²) in [5, 5.41) is 7.73. The number of hydrogen-bond donors (Lipinski definition) is 3. The Labute approximate surface area is 143 Å². The molecular formula is C16H18N4O5. The summed E-state index contributed by atoms with van der Waals surface area (Å²) in [6.45, 7) is 0.0300. The Balaban J connectivity index is 1.89. The van der Waals surface area contributed by atoms with Crippen LogP contribution in [0.15, 0.2) is 35.1 Å². The fourth-order valence-corrected chi connectivity index (χ4v) is 1.98. The van der Waals surface area contributed by atoms with Gasteiger partial charge in [-0.1, -0.05) is 12.1 Å². The first-order valence-electron chi connectivity index (χ1n) is 7.39. The summed E-state index contributed by atoms with van der Waals surface area (Å²) in [7, 11) is 2.76. The van der Waals surface area contributed by atoms with Gasteiger partial charge in [0.1, 0.15) is 12.2 Å². The predicted molar refractivity (Wildman–Crippen MR) is 88.0 cm³/mol. The number of benzene rings is 1. The molecule has 0 bridgehead atoms. The molecule has 1 heterocycles. The van der Waals surface area contributed by atoms with E-state index in [9.17, 15) is 19.2 Å². The summed E-state index contributed by atoms with van der Waals surface area (Å²) in [5.74, 6) is -1.34. The van der Waals surface area contributed by atoms with E-state index in [1.807, 2.05) is 0 Å². The third kappa shape index (κ3) is 4.80. The maximum absolute atomic E-state index is 11.9. The van der Waals surface area contributed by atoms with Crippen LogP contribution in [0.5, 0.6) is 0 Å². The molecule has 9 nitrogen and oxygen atoms in total. The minimum atomic E-state index is -0.536. The highest BCUT2D eigenvalue weighted by molar-refractivity contribution is 5.96. The van der Waals surface area contributed by atoms with Crippen molar-refractivity contribution in [1.82, 2.24) is 20.4 Å². The van der Waals surface area contributed by atoms with Gasteiger partial charge in [0.25, 0.3) is 17.4 Å². The summed E-state index contributed by atoms with van der Waals surface area (Å²) in [5.41, 5.74) is 1.03. The van der Waals surface area contributed by atoms with Crippen LogP contribution in [0.4, 0.5) is 0 Å². The monoisotopic (exact) mass is 346 g/mol. The number of ether oxygens (including phenoxy) is 1. The van der Waals surface area contributed by atoms with E-state index >= 15 is 0 Å². The van der Waals surface area contributed by atoms with Crippen molar-refractivity contribution in [2.75, 3.05) is 13.7 Å². The number of hydrogen-bond acceptors (Lipinski definition) is 5. The van der Waals surface area contributed by atoms with Crippen molar-refractivity contribution in [1.29, 1.82) is 0 Å². The number of esters is 1. The van der Waals surface area contributed by atoms with Crippen LogP contribution in [0.25, 0.3) is 0 Å². The molecule has 0 radical (unpaired) electrons. The molecule has 0 unspecified atom stereocenters. The molecule has 2 rings (SSSR count). The lowest BCUT2D eigenvalue weighted by atomic mass is 10.1. The second kappa shape index (κ2) is 7.95. The van der Waals surface area contributed by atoms with Gasteiger partial charge in [0.15, 0.2) is 0 Å². The van der Waals surface area contributed by atoms with Crippen molar-refractivity contribution in [3.8, 4) is 0 Å². The first-order valence-corrected chi connectivity index (χ1v) is 7.39. The largest absolute Gasteiger partial charge is 0.468 e. The lowest BCUT2D eigenvalue weighted by Crippen LogP contribution is -2.30. The molecule has 1 aromatic carbocycles. The van der Waals surface area contributed by atoms with E-state index in [4.69, 9.17) is 0 Å². The average Bonchev–Trinajstić information content (AvgIpc) is 2.96. The number of nitrogens with one attached hydrogen (secondary N) is 3. The lowest BCUT2D eigenvalue weighted by Gasteiger charge is -2.06. The van der Waals surface area contributed by atoms with Crippen LogP contribution in [-0.4, -0.2) is 41.2 Å². The molecule has 0 aliphatic heterocycles. The van der Waals surface area contributed by atoms with Crippen LogP contribution >= 0.6 is 0 Å². The van der Waals surface area contributed by atoms with Gasteiger partial charge in [0, 0.05) is 25.2 Å². The maximum atomic E-state index is 11.9. The molecule has 0 saturated carbocycles. The molecule has 0 fully saturated rings. The zero-order valence-electron chi connectivity index (χ0n) is 13.8. The second-order valence-corrected chi connectivity index (χ2v) is 5.21. The summed E-state index contributed by atoms with van der Waals surface area (Å²) in [6.07, 6.45) is 0. The molecule has 2 amide bonds. The number of methoxy groups -OCH3 is 1. The zero-order chi connectivity index (χ0) is 18.4. The van der Waals surface area contributed by atoms with Crippen LogP contribution in [0.2, 0.25) is 0 Å². The van der Waals surface area contributed by atoms with Gasteiger partial charge in [-0.3, -0.25) is 29.0 Å². The molecule has 0 aliphatic carbocycles. The first-order chi connectivity index (χ1) is 11.9. The summed E-state index contributed by atoms with van der Waals surface area (Å²) in [4.78, 5) is 46.1. The van der Waals surface area contributed by atoms with E-state index in [1.54, 1.807) is 24.3 Å². The first kappa shape index (κ1) is 18.0. The predicted octanol–water partition coefficient (Wildman–Crippen LogP) is -0.454. The topological polar surface area (TPSA) is 122 Å². The fourth-order valence-electron chi connectivity index (χ4n) is 1.98. The standard InChI is InChI=1S/C16H18N4O5/c1-20-13(21)7-12(19-20)16(24)17-8-10-3-5-11(6-4-10)15(23)18-9-14(22)25-2/h3-7,19H,8-9H2,1-2H3,(H,17,24)(H,18,23). The van der Waals surface area contributed by atoms with E-state index in [1.165, 1.54) is 24.9 Å². The van der Waals surface area contributed by atoms with Gasteiger partial charge in [0.2, 0.25) is 0 Å². The summed E-state index contributed by atoms with van der Waals surface area (Å²) >= 11 is 0. The van der Waals surface area contributed by atoms with E-state index in [-0.39, 0.29) is 24.3 Å². The molecule has 0 saturated heterocycles. The van der Waals surface area contributed by atoms with Crippen molar-refractivity contribution in [3.63, 3.8) is 0 Å². The number of amides is 2. The van der Waals surface area contributed by atoms with Gasteiger partial charge < -0.3 is 15.4 Å². The number of aryl methyl sites for hydroxylation is 1.